The summed E-state index contributed by atoms with van der Waals surface area (Å²) < 4.78 is 30.1. The highest BCUT2D eigenvalue weighted by atomic mass is 28.4. The van der Waals surface area contributed by atoms with Crippen molar-refractivity contribution >= 4 is 22.2 Å². The van der Waals surface area contributed by atoms with Crippen molar-refractivity contribution in [3.05, 3.63) is 29.8 Å². The third-order valence-corrected chi connectivity index (χ3v) is 13.7. The lowest BCUT2D eigenvalue weighted by Gasteiger charge is -2.41. The first-order valence-corrected chi connectivity index (χ1v) is 12.3. The second-order valence-electron chi connectivity index (χ2n) is 6.03. The smallest absolute Gasteiger partial charge is 0.147 e. The monoisotopic (exact) mass is 271 g/mol. The van der Waals surface area contributed by atoms with Crippen molar-refractivity contribution in [2.24, 2.45) is 0 Å². The van der Waals surface area contributed by atoms with Crippen molar-refractivity contribution in [2.75, 3.05) is 4.23 Å². The fourth-order valence-corrected chi connectivity index (χ4v) is 17.2. The van der Waals surface area contributed by atoms with Gasteiger partial charge in [-0.2, -0.15) is 0 Å². The third-order valence-electron chi connectivity index (χ3n) is 3.72. The highest BCUT2D eigenvalue weighted by molar-refractivity contribution is 7.04. The Hall–Kier alpha value is -0.686. The molecule has 1 nitrogen and oxygen atoms in total. The number of nitrogens with zero attached hydrogens (tertiary/aromatic N) is 1. The van der Waals surface area contributed by atoms with E-state index in [9.17, 15) is 8.78 Å². The van der Waals surface area contributed by atoms with E-state index in [4.69, 9.17) is 0 Å². The van der Waals surface area contributed by atoms with Gasteiger partial charge in [0.2, 0.25) is 0 Å². The van der Waals surface area contributed by atoms with Crippen LogP contribution in [0.4, 0.5) is 14.5 Å². The molecule has 0 unspecified atom stereocenters. The summed E-state index contributed by atoms with van der Waals surface area (Å²) in [5.74, 6) is -0.818. The number of anilines is 1. The Labute approximate surface area is 104 Å². The largest absolute Gasteiger partial charge is 0.419 e. The zero-order valence-corrected chi connectivity index (χ0v) is 12.8. The van der Waals surface area contributed by atoms with E-state index in [2.05, 4.69) is 30.4 Å². The maximum Gasteiger partial charge on any atom is 0.147 e. The van der Waals surface area contributed by atoms with Crippen molar-refractivity contribution in [3.8, 4) is 0 Å². The molecule has 1 aromatic carbocycles. The van der Waals surface area contributed by atoms with Gasteiger partial charge in [0.15, 0.2) is 0 Å². The summed E-state index contributed by atoms with van der Waals surface area (Å²) in [5, 5.41) is 0. The van der Waals surface area contributed by atoms with Crippen molar-refractivity contribution in [1.29, 1.82) is 0 Å². The van der Waals surface area contributed by atoms with E-state index in [1.807, 2.05) is 0 Å². The number of hydrogen-bond donors (Lipinski definition) is 0. The molecule has 0 atom stereocenters. The first-order valence-electron chi connectivity index (χ1n) is 6.00. The van der Waals surface area contributed by atoms with Gasteiger partial charge < -0.3 is 4.23 Å². The number of para-hydroxylation sites is 1. The zero-order chi connectivity index (χ0) is 12.8. The van der Waals surface area contributed by atoms with E-state index < -0.39 is 28.1 Å². The van der Waals surface area contributed by atoms with Crippen LogP contribution in [0.25, 0.3) is 0 Å². The number of halogens is 2. The minimum Gasteiger partial charge on any atom is -0.419 e. The second-order valence-corrected chi connectivity index (χ2v) is 15.6. The van der Waals surface area contributed by atoms with Gasteiger partial charge >= 0.3 is 0 Å². The lowest BCUT2D eigenvalue weighted by molar-refractivity contribution is 0.587. The van der Waals surface area contributed by atoms with Crippen LogP contribution in [0.5, 0.6) is 0 Å². The first kappa shape index (κ1) is 12.8. The fourth-order valence-electron chi connectivity index (χ4n) is 2.96. The standard InChI is InChI=1S/C12H19F2NSi2/c1-16(2)8-9-17(3,4)15(16)12-10(13)6-5-7-11(12)14/h5-7H,8-9H2,1-4H3. The van der Waals surface area contributed by atoms with Crippen molar-refractivity contribution < 1.29 is 8.78 Å². The molecule has 1 fully saturated rings. The third kappa shape index (κ3) is 2.06. The van der Waals surface area contributed by atoms with Crippen LogP contribution < -0.4 is 4.23 Å². The first-order chi connectivity index (χ1) is 7.76. The molecule has 0 radical (unpaired) electrons. The summed E-state index contributed by atoms with van der Waals surface area (Å²) in [6, 6.07) is 6.45. The molecule has 94 valence electrons. The molecule has 1 aliphatic rings. The van der Waals surface area contributed by atoms with Gasteiger partial charge in [-0.1, -0.05) is 32.3 Å². The van der Waals surface area contributed by atoms with E-state index >= 15 is 0 Å². The molecule has 0 spiro atoms. The van der Waals surface area contributed by atoms with Crippen LogP contribution >= 0.6 is 0 Å². The van der Waals surface area contributed by atoms with Crippen molar-refractivity contribution in [3.63, 3.8) is 0 Å². The molecular weight excluding hydrogens is 252 g/mol. The maximum atomic E-state index is 14.0. The number of hydrogen-bond acceptors (Lipinski definition) is 1. The predicted octanol–water partition coefficient (Wildman–Crippen LogP) is 4.20. The Morgan fingerprint density at radius 1 is 0.941 bits per heavy atom. The Bertz CT molecular complexity index is 410. The Balaban J connectivity index is 2.58. The van der Waals surface area contributed by atoms with Gasteiger partial charge in [-0.05, 0) is 24.2 Å². The number of rotatable bonds is 1. The molecule has 1 aliphatic heterocycles. The molecule has 0 amide bonds. The molecule has 1 heterocycles. The van der Waals surface area contributed by atoms with E-state index in [1.165, 1.54) is 18.2 Å². The molecule has 0 aromatic heterocycles. The average Bonchev–Trinajstić information content (AvgIpc) is 2.40. The summed E-state index contributed by atoms with van der Waals surface area (Å²) in [5.41, 5.74) is 0.235. The van der Waals surface area contributed by atoms with Crippen LogP contribution in [0.15, 0.2) is 18.2 Å². The highest BCUT2D eigenvalue weighted by Crippen LogP contribution is 2.42. The molecule has 2 rings (SSSR count). The lowest BCUT2D eigenvalue weighted by atomic mass is 10.3. The Kier molecular flexibility index (Phi) is 2.94. The molecule has 5 heteroatoms. The summed E-state index contributed by atoms with van der Waals surface area (Å²) in [7, 11) is -3.39. The Morgan fingerprint density at radius 2 is 1.35 bits per heavy atom. The van der Waals surface area contributed by atoms with Gasteiger partial charge in [-0.25, -0.2) is 8.78 Å². The summed E-state index contributed by atoms with van der Waals surface area (Å²) >= 11 is 0. The molecular formula is C12H19F2NSi2. The van der Waals surface area contributed by atoms with Gasteiger partial charge in [0.1, 0.15) is 28.1 Å². The van der Waals surface area contributed by atoms with E-state index in [1.54, 1.807) is 0 Å². The topological polar surface area (TPSA) is 3.24 Å². The normalized spacial score (nSPS) is 21.9. The highest BCUT2D eigenvalue weighted by Gasteiger charge is 2.49. The van der Waals surface area contributed by atoms with Gasteiger partial charge in [0, 0.05) is 0 Å². The molecule has 0 saturated carbocycles. The second kappa shape index (κ2) is 3.91. The van der Waals surface area contributed by atoms with E-state index in [-0.39, 0.29) is 5.69 Å². The average molecular weight is 271 g/mol. The van der Waals surface area contributed by atoms with Gasteiger partial charge in [0.25, 0.3) is 0 Å². The molecule has 17 heavy (non-hydrogen) atoms. The van der Waals surface area contributed by atoms with Crippen LogP contribution in [0.2, 0.25) is 38.3 Å². The molecule has 1 aromatic rings. The van der Waals surface area contributed by atoms with Crippen molar-refractivity contribution in [1.82, 2.24) is 0 Å². The summed E-state index contributed by atoms with van der Waals surface area (Å²) in [4.78, 5) is 0. The summed E-state index contributed by atoms with van der Waals surface area (Å²) in [6.45, 7) is 8.84. The van der Waals surface area contributed by atoms with Crippen LogP contribution in [0.3, 0.4) is 0 Å². The fraction of sp³-hybridized carbons (Fsp3) is 0.500. The quantitative estimate of drug-likeness (QED) is 0.692. The van der Waals surface area contributed by atoms with Crippen LogP contribution in [0.1, 0.15) is 0 Å². The summed E-state index contributed by atoms with van der Waals surface area (Å²) in [6.07, 6.45) is 0. The van der Waals surface area contributed by atoms with Gasteiger partial charge in [0.05, 0.1) is 5.69 Å². The number of benzene rings is 1. The van der Waals surface area contributed by atoms with Gasteiger partial charge in [-0.15, -0.1) is 0 Å². The van der Waals surface area contributed by atoms with Crippen LogP contribution in [-0.4, -0.2) is 16.5 Å². The van der Waals surface area contributed by atoms with E-state index in [0.717, 1.165) is 12.1 Å². The molecule has 0 bridgehead atoms. The minimum atomic E-state index is -1.69. The molecule has 0 N–H and O–H groups in total. The predicted molar refractivity (Wildman–Crippen MR) is 73.4 cm³/mol. The van der Waals surface area contributed by atoms with Gasteiger partial charge in [-0.3, -0.25) is 0 Å². The SMILES string of the molecule is C[Si]1(C)CC[Si](C)(C)N1c1c(F)cccc1F. The van der Waals surface area contributed by atoms with Crippen molar-refractivity contribution in [2.45, 2.75) is 38.3 Å². The van der Waals surface area contributed by atoms with Crippen LogP contribution in [0, 0.1) is 11.6 Å². The lowest BCUT2D eigenvalue weighted by Crippen LogP contribution is -2.56. The van der Waals surface area contributed by atoms with E-state index in [0.29, 0.717) is 0 Å². The molecule has 0 aliphatic carbocycles. The van der Waals surface area contributed by atoms with Crippen LogP contribution in [-0.2, 0) is 0 Å². The Morgan fingerprint density at radius 3 is 1.76 bits per heavy atom. The maximum absolute atomic E-state index is 14.0. The molecule has 1 saturated heterocycles. The minimum absolute atomic E-state index is 0.235. The zero-order valence-electron chi connectivity index (χ0n) is 10.8.